The third kappa shape index (κ3) is 6.25. The lowest BCUT2D eigenvalue weighted by Crippen LogP contribution is -2.37. The second-order valence-electron chi connectivity index (χ2n) is 9.38. The number of hydrogen-bond donors (Lipinski definition) is 1. The molecule has 1 aromatic carbocycles. The van der Waals surface area contributed by atoms with Gasteiger partial charge in [-0.1, -0.05) is 37.7 Å². The lowest BCUT2D eigenvalue weighted by molar-refractivity contribution is -0.117. The van der Waals surface area contributed by atoms with Gasteiger partial charge in [0.05, 0.1) is 17.5 Å². The molecule has 0 unspecified atom stereocenters. The predicted molar refractivity (Wildman–Crippen MR) is 128 cm³/mol. The van der Waals surface area contributed by atoms with Crippen molar-refractivity contribution in [1.29, 1.82) is 0 Å². The standard InChI is InChI=1S/C22H31N3O5S2/c1-14(2)15-6-8-16(9-7-15)25-17-12-32(28,29)13-18(17)31-20(25)24-19(26)10-11-23-21(27)30-22(3,4)5/h6-9,14,17-18H,10-13H2,1-5H3,(H,23,27)/t17-,18-/m0/s1. The van der Waals surface area contributed by atoms with Crippen LogP contribution in [-0.2, 0) is 19.4 Å². The van der Waals surface area contributed by atoms with E-state index in [4.69, 9.17) is 4.74 Å². The number of nitrogens with one attached hydrogen (secondary N) is 1. The topological polar surface area (TPSA) is 105 Å². The second kappa shape index (κ2) is 9.43. The molecule has 176 valence electrons. The summed E-state index contributed by atoms with van der Waals surface area (Å²) in [6, 6.07) is 7.69. The molecule has 3 rings (SSSR count). The summed E-state index contributed by atoms with van der Waals surface area (Å²) in [7, 11) is -3.12. The normalized spacial score (nSPS) is 23.4. The Bertz CT molecular complexity index is 997. The minimum Gasteiger partial charge on any atom is -0.444 e. The molecule has 1 N–H and O–H groups in total. The number of thioether (sulfide) groups is 1. The van der Waals surface area contributed by atoms with Gasteiger partial charge >= 0.3 is 6.09 Å². The predicted octanol–water partition coefficient (Wildman–Crippen LogP) is 3.33. The van der Waals surface area contributed by atoms with Crippen molar-refractivity contribution < 1.29 is 22.7 Å². The first-order valence-corrected chi connectivity index (χ1v) is 13.4. The smallest absolute Gasteiger partial charge is 0.407 e. The average molecular weight is 482 g/mol. The number of ether oxygens (including phenoxy) is 1. The molecule has 1 aromatic rings. The molecule has 2 saturated heterocycles. The highest BCUT2D eigenvalue weighted by Crippen LogP contribution is 2.41. The molecule has 2 amide bonds. The van der Waals surface area contributed by atoms with E-state index in [1.807, 2.05) is 29.2 Å². The fraction of sp³-hybridized carbons (Fsp3) is 0.591. The first-order chi connectivity index (χ1) is 14.8. The Morgan fingerprint density at radius 1 is 1.22 bits per heavy atom. The first kappa shape index (κ1) is 24.6. The number of nitrogens with zero attached hydrogens (tertiary/aromatic N) is 2. The number of amides is 2. The Kier molecular flexibility index (Phi) is 7.24. The van der Waals surface area contributed by atoms with E-state index in [0.29, 0.717) is 11.1 Å². The molecule has 2 heterocycles. The molecular weight excluding hydrogens is 450 g/mol. The Balaban J connectivity index is 1.73. The van der Waals surface area contributed by atoms with Crippen molar-refractivity contribution in [2.45, 2.75) is 63.9 Å². The minimum atomic E-state index is -3.12. The Hall–Kier alpha value is -2.07. The van der Waals surface area contributed by atoms with Crippen LogP contribution in [0.15, 0.2) is 29.3 Å². The highest BCUT2D eigenvalue weighted by atomic mass is 32.2. The van der Waals surface area contributed by atoms with Crippen LogP contribution in [-0.4, -0.2) is 60.5 Å². The van der Waals surface area contributed by atoms with Gasteiger partial charge in [0.1, 0.15) is 5.60 Å². The number of hydrogen-bond acceptors (Lipinski definition) is 6. The highest BCUT2D eigenvalue weighted by molar-refractivity contribution is 8.16. The number of alkyl carbamates (subject to hydrolysis) is 1. The van der Waals surface area contributed by atoms with Gasteiger partial charge in [0.2, 0.25) is 5.91 Å². The van der Waals surface area contributed by atoms with Gasteiger partial charge in [0.15, 0.2) is 15.0 Å². The summed E-state index contributed by atoms with van der Waals surface area (Å²) in [5.74, 6) is 0.124. The highest BCUT2D eigenvalue weighted by Gasteiger charge is 2.49. The van der Waals surface area contributed by atoms with Crippen LogP contribution in [0.3, 0.4) is 0 Å². The fourth-order valence-electron chi connectivity index (χ4n) is 3.63. The van der Waals surface area contributed by atoms with Gasteiger partial charge in [-0.2, -0.15) is 4.99 Å². The van der Waals surface area contributed by atoms with E-state index in [2.05, 4.69) is 24.2 Å². The fourth-order valence-corrected chi connectivity index (χ4v) is 7.57. The van der Waals surface area contributed by atoms with E-state index in [1.54, 1.807) is 20.8 Å². The van der Waals surface area contributed by atoms with Crippen molar-refractivity contribution in [2.75, 3.05) is 23.0 Å². The van der Waals surface area contributed by atoms with Gasteiger partial charge in [0, 0.05) is 23.9 Å². The van der Waals surface area contributed by atoms with Crippen LogP contribution >= 0.6 is 11.8 Å². The summed E-state index contributed by atoms with van der Waals surface area (Å²) in [6.45, 7) is 9.62. The van der Waals surface area contributed by atoms with Crippen molar-refractivity contribution in [1.82, 2.24) is 5.32 Å². The van der Waals surface area contributed by atoms with E-state index >= 15 is 0 Å². The molecule has 0 saturated carbocycles. The molecular formula is C22H31N3O5S2. The number of benzene rings is 1. The van der Waals surface area contributed by atoms with Gasteiger partial charge in [0.25, 0.3) is 0 Å². The van der Waals surface area contributed by atoms with Gasteiger partial charge in [-0.05, 0) is 44.4 Å². The number of sulfone groups is 1. The lowest BCUT2D eigenvalue weighted by atomic mass is 10.0. The van der Waals surface area contributed by atoms with Crippen LogP contribution in [0, 0.1) is 0 Å². The van der Waals surface area contributed by atoms with Gasteiger partial charge in [-0.25, -0.2) is 13.2 Å². The molecule has 10 heteroatoms. The van der Waals surface area contributed by atoms with Crippen LogP contribution < -0.4 is 10.2 Å². The maximum absolute atomic E-state index is 12.5. The van der Waals surface area contributed by atoms with Crippen molar-refractivity contribution in [2.24, 2.45) is 4.99 Å². The number of anilines is 1. The molecule has 0 aliphatic carbocycles. The molecule has 2 fully saturated rings. The Morgan fingerprint density at radius 3 is 2.47 bits per heavy atom. The van der Waals surface area contributed by atoms with Crippen LogP contribution in [0.5, 0.6) is 0 Å². The zero-order valence-electron chi connectivity index (χ0n) is 19.1. The second-order valence-corrected chi connectivity index (χ2v) is 12.7. The number of amidine groups is 1. The summed E-state index contributed by atoms with van der Waals surface area (Å²) < 4.78 is 29.6. The summed E-state index contributed by atoms with van der Waals surface area (Å²) in [5.41, 5.74) is 1.39. The molecule has 0 spiro atoms. The van der Waals surface area contributed by atoms with Crippen molar-refractivity contribution in [3.63, 3.8) is 0 Å². The third-order valence-corrected chi connectivity index (χ3v) is 8.34. The monoisotopic (exact) mass is 481 g/mol. The van der Waals surface area contributed by atoms with Crippen LogP contribution in [0.1, 0.15) is 52.5 Å². The summed E-state index contributed by atoms with van der Waals surface area (Å²) >= 11 is 1.34. The largest absolute Gasteiger partial charge is 0.444 e. The summed E-state index contributed by atoms with van der Waals surface area (Å²) in [5, 5.41) is 2.91. The summed E-state index contributed by atoms with van der Waals surface area (Å²) in [4.78, 5) is 30.4. The van der Waals surface area contributed by atoms with Gasteiger partial charge in [-0.3, -0.25) is 4.79 Å². The molecule has 2 atom stereocenters. The maximum atomic E-state index is 12.5. The quantitative estimate of drug-likeness (QED) is 0.688. The van der Waals surface area contributed by atoms with E-state index in [1.165, 1.54) is 17.3 Å². The van der Waals surface area contributed by atoms with Crippen LogP contribution in [0.4, 0.5) is 10.5 Å². The average Bonchev–Trinajstić information content (AvgIpc) is 3.10. The van der Waals surface area contributed by atoms with Crippen molar-refractivity contribution >= 4 is 44.5 Å². The van der Waals surface area contributed by atoms with Gasteiger partial charge < -0.3 is 15.0 Å². The molecule has 0 aromatic heterocycles. The number of carbonyl (C=O) groups is 2. The van der Waals surface area contributed by atoms with Crippen molar-refractivity contribution in [3.05, 3.63) is 29.8 Å². The van der Waals surface area contributed by atoms with E-state index in [0.717, 1.165) is 5.69 Å². The number of rotatable bonds is 5. The minimum absolute atomic E-state index is 0.0249. The Labute approximate surface area is 194 Å². The van der Waals surface area contributed by atoms with Gasteiger partial charge in [-0.15, -0.1) is 0 Å². The zero-order valence-corrected chi connectivity index (χ0v) is 20.8. The molecule has 32 heavy (non-hydrogen) atoms. The van der Waals surface area contributed by atoms with Crippen LogP contribution in [0.2, 0.25) is 0 Å². The van der Waals surface area contributed by atoms with E-state index < -0.39 is 21.5 Å². The zero-order chi connectivity index (χ0) is 23.7. The third-order valence-electron chi connectivity index (χ3n) is 5.13. The summed E-state index contributed by atoms with van der Waals surface area (Å²) in [6.07, 6.45) is -0.559. The van der Waals surface area contributed by atoms with Crippen molar-refractivity contribution in [3.8, 4) is 0 Å². The number of fused-ring (bicyclic) bond motifs is 1. The molecule has 8 nitrogen and oxygen atoms in total. The molecule has 2 aliphatic rings. The van der Waals surface area contributed by atoms with E-state index in [9.17, 15) is 18.0 Å². The molecule has 0 bridgehead atoms. The van der Waals surface area contributed by atoms with E-state index in [-0.39, 0.29) is 41.7 Å². The Morgan fingerprint density at radius 2 is 1.88 bits per heavy atom. The number of aliphatic imine (C=N–C) groups is 1. The lowest BCUT2D eigenvalue weighted by Gasteiger charge is -2.25. The first-order valence-electron chi connectivity index (χ1n) is 10.7. The molecule has 0 radical (unpaired) electrons. The SMILES string of the molecule is CC(C)c1ccc(N2C(=NC(=O)CCNC(=O)OC(C)(C)C)S[C@H]3CS(=O)(=O)C[C@@H]32)cc1. The number of carbonyl (C=O) groups excluding carboxylic acids is 2. The molecule has 2 aliphatic heterocycles. The maximum Gasteiger partial charge on any atom is 0.407 e. The van der Waals surface area contributed by atoms with Crippen LogP contribution in [0.25, 0.3) is 0 Å².